The highest BCUT2D eigenvalue weighted by molar-refractivity contribution is 7.91. The molecule has 0 aliphatic carbocycles. The minimum absolute atomic E-state index is 0.0533. The van der Waals surface area contributed by atoms with Gasteiger partial charge in [-0.2, -0.15) is 4.31 Å². The number of nitrogens with one attached hydrogen (secondary N) is 1. The number of carbonyl (C=O) groups excluding carboxylic acids is 1. The summed E-state index contributed by atoms with van der Waals surface area (Å²) in [7, 11) is -6.67. The molecule has 2 saturated heterocycles. The minimum atomic E-state index is -3.60. The van der Waals surface area contributed by atoms with Gasteiger partial charge in [0.05, 0.1) is 29.6 Å². The van der Waals surface area contributed by atoms with Gasteiger partial charge in [-0.25, -0.2) is 16.8 Å². The molecule has 1 atom stereocenters. The van der Waals surface area contributed by atoms with Crippen molar-refractivity contribution in [3.8, 4) is 0 Å². The molecule has 0 spiro atoms. The fourth-order valence-corrected chi connectivity index (χ4v) is 5.97. The van der Waals surface area contributed by atoms with Gasteiger partial charge in [-0.15, -0.1) is 0 Å². The van der Waals surface area contributed by atoms with Crippen molar-refractivity contribution in [2.75, 3.05) is 37.8 Å². The standard InChI is InChI=1S/C15H20N2O6S2/c18-15(16-13-5-10-24(19,20)11-13)12-1-3-14(4-2-12)25(21,22)17-6-8-23-9-7-17/h1-4,13H,5-11H2,(H,16,18). The summed E-state index contributed by atoms with van der Waals surface area (Å²) < 4.78 is 54.4. The van der Waals surface area contributed by atoms with Crippen LogP contribution in [0.5, 0.6) is 0 Å². The van der Waals surface area contributed by atoms with Gasteiger partial charge in [-0.05, 0) is 30.7 Å². The van der Waals surface area contributed by atoms with E-state index in [1.807, 2.05) is 0 Å². The topological polar surface area (TPSA) is 110 Å². The molecule has 25 heavy (non-hydrogen) atoms. The third kappa shape index (κ3) is 4.20. The van der Waals surface area contributed by atoms with Crippen molar-refractivity contribution in [1.29, 1.82) is 0 Å². The highest BCUT2D eigenvalue weighted by Crippen LogP contribution is 2.18. The van der Waals surface area contributed by atoms with E-state index in [2.05, 4.69) is 5.32 Å². The molecule has 10 heteroatoms. The first-order valence-corrected chi connectivity index (χ1v) is 11.2. The van der Waals surface area contributed by atoms with Crippen LogP contribution in [0.15, 0.2) is 29.2 Å². The van der Waals surface area contributed by atoms with Crippen LogP contribution in [-0.4, -0.2) is 70.9 Å². The SMILES string of the molecule is O=C(NC1CCS(=O)(=O)C1)c1ccc(S(=O)(=O)N2CCOCC2)cc1. The number of hydrogen-bond donors (Lipinski definition) is 1. The second kappa shape index (κ2) is 7.02. The summed E-state index contributed by atoms with van der Waals surface area (Å²) in [6.45, 7) is 1.34. The van der Waals surface area contributed by atoms with Gasteiger partial charge < -0.3 is 10.1 Å². The minimum Gasteiger partial charge on any atom is -0.379 e. The molecule has 138 valence electrons. The van der Waals surface area contributed by atoms with E-state index in [1.165, 1.54) is 28.6 Å². The number of amides is 1. The average molecular weight is 388 g/mol. The molecule has 1 aromatic rings. The van der Waals surface area contributed by atoms with E-state index in [-0.39, 0.29) is 16.4 Å². The van der Waals surface area contributed by atoms with E-state index in [4.69, 9.17) is 4.74 Å². The summed E-state index contributed by atoms with van der Waals surface area (Å²) in [5.74, 6) is -0.380. The number of benzene rings is 1. The Morgan fingerprint density at radius 1 is 1.16 bits per heavy atom. The van der Waals surface area contributed by atoms with Crippen LogP contribution in [0.25, 0.3) is 0 Å². The molecule has 0 bridgehead atoms. The Labute approximate surface area is 147 Å². The molecule has 0 aromatic heterocycles. The maximum absolute atomic E-state index is 12.5. The van der Waals surface area contributed by atoms with E-state index in [1.54, 1.807) is 0 Å². The third-order valence-corrected chi connectivity index (χ3v) is 7.97. The zero-order valence-corrected chi connectivity index (χ0v) is 15.2. The number of hydrogen-bond acceptors (Lipinski definition) is 6. The Morgan fingerprint density at radius 3 is 2.36 bits per heavy atom. The molecule has 1 N–H and O–H groups in total. The van der Waals surface area contributed by atoms with E-state index < -0.39 is 31.8 Å². The highest BCUT2D eigenvalue weighted by Gasteiger charge is 2.29. The molecule has 0 saturated carbocycles. The summed E-state index contributed by atoms with van der Waals surface area (Å²) in [6.07, 6.45) is 0.400. The van der Waals surface area contributed by atoms with Crippen LogP contribution in [0.2, 0.25) is 0 Å². The van der Waals surface area contributed by atoms with Gasteiger partial charge in [0.25, 0.3) is 5.91 Å². The second-order valence-electron chi connectivity index (χ2n) is 6.11. The molecule has 1 unspecified atom stereocenters. The van der Waals surface area contributed by atoms with Crippen LogP contribution in [0.3, 0.4) is 0 Å². The Kier molecular flexibility index (Phi) is 5.14. The smallest absolute Gasteiger partial charge is 0.251 e. The number of rotatable bonds is 4. The lowest BCUT2D eigenvalue weighted by Gasteiger charge is -2.26. The van der Waals surface area contributed by atoms with E-state index in [0.29, 0.717) is 38.3 Å². The van der Waals surface area contributed by atoms with Gasteiger partial charge in [0.2, 0.25) is 10.0 Å². The van der Waals surface area contributed by atoms with E-state index >= 15 is 0 Å². The van der Waals surface area contributed by atoms with Gasteiger partial charge in [0, 0.05) is 24.7 Å². The van der Waals surface area contributed by atoms with E-state index in [0.717, 1.165) is 0 Å². The fourth-order valence-electron chi connectivity index (χ4n) is 2.89. The van der Waals surface area contributed by atoms with Crippen molar-refractivity contribution in [3.05, 3.63) is 29.8 Å². The molecule has 1 aromatic carbocycles. The summed E-state index contributed by atoms with van der Waals surface area (Å²) in [6, 6.07) is 5.27. The molecular weight excluding hydrogens is 368 g/mol. The molecule has 2 heterocycles. The molecule has 8 nitrogen and oxygen atoms in total. The maximum Gasteiger partial charge on any atom is 0.251 e. The summed E-state index contributed by atoms with van der Waals surface area (Å²) >= 11 is 0. The first-order chi connectivity index (χ1) is 11.8. The third-order valence-electron chi connectivity index (χ3n) is 4.29. The largest absolute Gasteiger partial charge is 0.379 e. The van der Waals surface area contributed by atoms with Gasteiger partial charge in [0.1, 0.15) is 0 Å². The van der Waals surface area contributed by atoms with Crippen molar-refractivity contribution in [1.82, 2.24) is 9.62 Å². The lowest BCUT2D eigenvalue weighted by molar-refractivity contribution is 0.0730. The summed E-state index contributed by atoms with van der Waals surface area (Å²) in [4.78, 5) is 12.3. The second-order valence-corrected chi connectivity index (χ2v) is 10.3. The molecule has 0 radical (unpaired) electrons. The Balaban J connectivity index is 1.68. The zero-order chi connectivity index (χ0) is 18.1. The molecule has 2 aliphatic heterocycles. The lowest BCUT2D eigenvalue weighted by atomic mass is 10.2. The number of carbonyl (C=O) groups is 1. The van der Waals surface area contributed by atoms with Crippen molar-refractivity contribution >= 4 is 25.8 Å². The van der Waals surface area contributed by atoms with E-state index in [9.17, 15) is 21.6 Å². The first kappa shape index (κ1) is 18.3. The van der Waals surface area contributed by atoms with Gasteiger partial charge in [-0.3, -0.25) is 4.79 Å². The van der Waals surface area contributed by atoms with Crippen LogP contribution in [0.1, 0.15) is 16.8 Å². The quantitative estimate of drug-likeness (QED) is 0.753. The zero-order valence-electron chi connectivity index (χ0n) is 13.5. The van der Waals surface area contributed by atoms with Crippen molar-refractivity contribution in [2.45, 2.75) is 17.4 Å². The van der Waals surface area contributed by atoms with Gasteiger partial charge in [0.15, 0.2) is 9.84 Å². The fraction of sp³-hybridized carbons (Fsp3) is 0.533. The number of nitrogens with zero attached hydrogens (tertiary/aromatic N) is 1. The lowest BCUT2D eigenvalue weighted by Crippen LogP contribution is -2.40. The Morgan fingerprint density at radius 2 is 1.80 bits per heavy atom. The monoisotopic (exact) mass is 388 g/mol. The van der Waals surface area contributed by atoms with Crippen LogP contribution >= 0.6 is 0 Å². The normalized spacial score (nSPS) is 24.1. The maximum atomic E-state index is 12.5. The summed E-state index contributed by atoms with van der Waals surface area (Å²) in [5.41, 5.74) is 0.297. The molecule has 2 aliphatic rings. The van der Waals surface area contributed by atoms with Crippen LogP contribution in [0, 0.1) is 0 Å². The van der Waals surface area contributed by atoms with Crippen LogP contribution in [0.4, 0.5) is 0 Å². The average Bonchev–Trinajstić information content (AvgIpc) is 2.94. The number of morpholine rings is 1. The Bertz CT molecular complexity index is 843. The number of ether oxygens (including phenoxy) is 1. The molecule has 1 amide bonds. The molecule has 2 fully saturated rings. The van der Waals surface area contributed by atoms with Crippen molar-refractivity contribution < 1.29 is 26.4 Å². The molecular formula is C15H20N2O6S2. The number of sulfone groups is 1. The summed E-state index contributed by atoms with van der Waals surface area (Å²) in [5, 5.41) is 2.68. The van der Waals surface area contributed by atoms with Crippen LogP contribution in [-0.2, 0) is 24.6 Å². The van der Waals surface area contributed by atoms with Crippen molar-refractivity contribution in [2.24, 2.45) is 0 Å². The highest BCUT2D eigenvalue weighted by atomic mass is 32.2. The number of sulfonamides is 1. The predicted octanol–water partition coefficient (Wildman–Crippen LogP) is -0.376. The Hall–Kier alpha value is -1.49. The van der Waals surface area contributed by atoms with Gasteiger partial charge >= 0.3 is 0 Å². The van der Waals surface area contributed by atoms with Gasteiger partial charge in [-0.1, -0.05) is 0 Å². The van der Waals surface area contributed by atoms with Crippen molar-refractivity contribution in [3.63, 3.8) is 0 Å². The molecule has 3 rings (SSSR count). The predicted molar refractivity (Wildman–Crippen MR) is 90.5 cm³/mol. The van der Waals surface area contributed by atoms with Crippen LogP contribution < -0.4 is 5.32 Å². The first-order valence-electron chi connectivity index (χ1n) is 7.97.